The summed E-state index contributed by atoms with van der Waals surface area (Å²) < 4.78 is 4.55. The van der Waals surface area contributed by atoms with Crippen molar-refractivity contribution >= 4 is 12.4 Å². The third kappa shape index (κ3) is 3.01. The lowest BCUT2D eigenvalue weighted by atomic mass is 10.1. The summed E-state index contributed by atoms with van der Waals surface area (Å²) in [5.41, 5.74) is 1.44. The third-order valence-electron chi connectivity index (χ3n) is 2.69. The molecule has 1 heterocycles. The van der Waals surface area contributed by atoms with Crippen molar-refractivity contribution in [3.05, 3.63) is 35.9 Å². The van der Waals surface area contributed by atoms with Crippen LogP contribution in [0.3, 0.4) is 0 Å². The summed E-state index contributed by atoms with van der Waals surface area (Å²) in [6, 6.07) is 10.7. The molecule has 0 N–H and O–H groups in total. The molecule has 1 aliphatic rings. The Morgan fingerprint density at radius 2 is 1.93 bits per heavy atom. The molecule has 0 fully saturated rings. The van der Waals surface area contributed by atoms with Crippen molar-refractivity contribution in [2.24, 2.45) is 0 Å². The zero-order chi connectivity index (χ0) is 10.5. The molecule has 78 valence electrons. The van der Waals surface area contributed by atoms with Gasteiger partial charge in [0.05, 0.1) is 0 Å². The molecule has 1 aromatic rings. The second kappa shape index (κ2) is 4.87. The predicted octanol–water partition coefficient (Wildman–Crippen LogP) is 1.39. The van der Waals surface area contributed by atoms with Crippen LogP contribution in [0.15, 0.2) is 30.3 Å². The molecule has 0 aromatic heterocycles. The Balaban J connectivity index is 1.73. The zero-order valence-electron chi connectivity index (χ0n) is 9.26. The highest BCUT2D eigenvalue weighted by Crippen LogP contribution is 2.02. The molecule has 0 saturated heterocycles. The van der Waals surface area contributed by atoms with Gasteiger partial charge in [0.2, 0.25) is 12.4 Å². The Bertz CT molecular complexity index is 377. The highest BCUT2D eigenvalue weighted by Gasteiger charge is 2.14. The van der Waals surface area contributed by atoms with Crippen LogP contribution in [0.5, 0.6) is 0 Å². The fourth-order valence-corrected chi connectivity index (χ4v) is 1.87. The Morgan fingerprint density at radius 1 is 1.13 bits per heavy atom. The van der Waals surface area contributed by atoms with E-state index in [0.29, 0.717) is 0 Å². The summed E-state index contributed by atoms with van der Waals surface area (Å²) in [5, 5.41) is 0. The summed E-state index contributed by atoms with van der Waals surface area (Å²) in [6.07, 6.45) is 6.70. The first-order valence-electron chi connectivity index (χ1n) is 5.51. The van der Waals surface area contributed by atoms with Crippen LogP contribution in [-0.2, 0) is 6.42 Å². The largest absolute Gasteiger partial charge is 0.334 e. The standard InChI is InChI=1S/C13H18N2/c1-14-10-11-15(12-14)9-5-8-13-6-3-2-4-7-13/h2-4,6-7,10-11H,5,8-9,12H2,1H3/q+2. The van der Waals surface area contributed by atoms with E-state index in [0.717, 1.165) is 13.2 Å². The monoisotopic (exact) mass is 202 g/mol. The minimum atomic E-state index is 1.04. The van der Waals surface area contributed by atoms with Gasteiger partial charge in [-0.05, 0) is 12.0 Å². The number of benzene rings is 1. The van der Waals surface area contributed by atoms with E-state index in [1.54, 1.807) is 0 Å². The lowest BCUT2D eigenvalue weighted by Gasteiger charge is -1.98. The fraction of sp³-hybridized carbons (Fsp3) is 0.385. The van der Waals surface area contributed by atoms with Crippen molar-refractivity contribution < 1.29 is 9.15 Å². The first-order chi connectivity index (χ1) is 7.34. The van der Waals surface area contributed by atoms with E-state index >= 15 is 0 Å². The minimum Gasteiger partial charge on any atom is -0.176 e. The molecule has 2 rings (SSSR count). The topological polar surface area (TPSA) is 6.02 Å². The average molecular weight is 202 g/mol. The van der Waals surface area contributed by atoms with Crippen molar-refractivity contribution in [1.82, 2.24) is 0 Å². The van der Waals surface area contributed by atoms with Gasteiger partial charge in [-0.25, -0.2) is 0 Å². The van der Waals surface area contributed by atoms with Crippen molar-refractivity contribution in [1.29, 1.82) is 0 Å². The summed E-state index contributed by atoms with van der Waals surface area (Å²) in [6.45, 7) is 2.19. The quantitative estimate of drug-likeness (QED) is 0.651. The molecule has 1 aliphatic heterocycles. The van der Waals surface area contributed by atoms with Gasteiger partial charge in [0, 0.05) is 6.42 Å². The van der Waals surface area contributed by atoms with Crippen LogP contribution in [0.1, 0.15) is 12.0 Å². The molecule has 0 radical (unpaired) electrons. The van der Waals surface area contributed by atoms with Crippen LogP contribution < -0.4 is 0 Å². The van der Waals surface area contributed by atoms with Gasteiger partial charge in [0.1, 0.15) is 13.6 Å². The Morgan fingerprint density at radius 3 is 2.60 bits per heavy atom. The highest BCUT2D eigenvalue weighted by atomic mass is 15.2. The second-order valence-corrected chi connectivity index (χ2v) is 4.10. The van der Waals surface area contributed by atoms with Crippen LogP contribution in [0.4, 0.5) is 0 Å². The zero-order valence-corrected chi connectivity index (χ0v) is 9.26. The Kier molecular flexibility index (Phi) is 3.28. The van der Waals surface area contributed by atoms with Crippen LogP contribution in [0.2, 0.25) is 0 Å². The molecule has 15 heavy (non-hydrogen) atoms. The molecule has 0 bridgehead atoms. The summed E-state index contributed by atoms with van der Waals surface area (Å²) in [5.74, 6) is 0. The molecular weight excluding hydrogens is 184 g/mol. The first kappa shape index (κ1) is 10.1. The molecule has 0 saturated carbocycles. The summed E-state index contributed by atoms with van der Waals surface area (Å²) in [4.78, 5) is 0. The molecule has 1 aromatic carbocycles. The first-order valence-corrected chi connectivity index (χ1v) is 5.51. The van der Waals surface area contributed by atoms with Gasteiger partial charge >= 0.3 is 6.67 Å². The maximum Gasteiger partial charge on any atom is 0.334 e. The number of hydrogen-bond donors (Lipinski definition) is 0. The number of nitrogens with zero attached hydrogens (tertiary/aromatic N) is 2. The second-order valence-electron chi connectivity index (χ2n) is 4.10. The van der Waals surface area contributed by atoms with E-state index < -0.39 is 0 Å². The molecule has 0 unspecified atom stereocenters. The van der Waals surface area contributed by atoms with Crippen molar-refractivity contribution in [3.8, 4) is 0 Å². The van der Waals surface area contributed by atoms with Crippen LogP contribution >= 0.6 is 0 Å². The maximum atomic E-state index is 2.35. The molecular formula is C13H18N2+2. The molecule has 0 amide bonds. The smallest absolute Gasteiger partial charge is 0.176 e. The van der Waals surface area contributed by atoms with E-state index in [4.69, 9.17) is 0 Å². The van der Waals surface area contributed by atoms with Crippen molar-refractivity contribution in [3.63, 3.8) is 0 Å². The Hall–Kier alpha value is -1.44. The van der Waals surface area contributed by atoms with Gasteiger partial charge in [0.15, 0.2) is 0 Å². The fourth-order valence-electron chi connectivity index (χ4n) is 1.87. The van der Waals surface area contributed by atoms with Gasteiger partial charge < -0.3 is 0 Å². The van der Waals surface area contributed by atoms with Crippen LogP contribution in [0.25, 0.3) is 0 Å². The van der Waals surface area contributed by atoms with E-state index in [1.807, 2.05) is 0 Å². The van der Waals surface area contributed by atoms with E-state index in [2.05, 4.69) is 59.0 Å². The van der Waals surface area contributed by atoms with E-state index in [1.165, 1.54) is 18.4 Å². The van der Waals surface area contributed by atoms with Crippen LogP contribution in [0, 0.1) is 0 Å². The van der Waals surface area contributed by atoms with Crippen molar-refractivity contribution in [2.75, 3.05) is 20.3 Å². The molecule has 2 nitrogen and oxygen atoms in total. The predicted molar refractivity (Wildman–Crippen MR) is 63.1 cm³/mol. The van der Waals surface area contributed by atoms with E-state index in [9.17, 15) is 0 Å². The van der Waals surface area contributed by atoms with Gasteiger partial charge in [0.25, 0.3) is 0 Å². The summed E-state index contributed by atoms with van der Waals surface area (Å²) in [7, 11) is 2.10. The van der Waals surface area contributed by atoms with Gasteiger partial charge in [-0.2, -0.15) is 9.15 Å². The maximum absolute atomic E-state index is 2.35. The Labute approximate surface area is 91.2 Å². The normalized spacial score (nSPS) is 15.0. The van der Waals surface area contributed by atoms with Crippen molar-refractivity contribution in [2.45, 2.75) is 12.8 Å². The summed E-state index contributed by atoms with van der Waals surface area (Å²) >= 11 is 0. The lowest BCUT2D eigenvalue weighted by Crippen LogP contribution is -2.17. The number of hydrogen-bond acceptors (Lipinski definition) is 0. The number of aryl methyl sites for hydroxylation is 1. The van der Waals surface area contributed by atoms with Gasteiger partial charge in [-0.15, -0.1) is 0 Å². The van der Waals surface area contributed by atoms with Gasteiger partial charge in [-0.1, -0.05) is 30.3 Å². The SMILES string of the molecule is C[N+]1=CC=[N+](CCCc2ccccc2)C1. The molecule has 0 atom stereocenters. The van der Waals surface area contributed by atoms with Crippen LogP contribution in [-0.4, -0.2) is 41.8 Å². The number of rotatable bonds is 4. The average Bonchev–Trinajstić information content (AvgIpc) is 2.66. The third-order valence-corrected chi connectivity index (χ3v) is 2.69. The molecule has 0 aliphatic carbocycles. The lowest BCUT2D eigenvalue weighted by molar-refractivity contribution is -0.699. The minimum absolute atomic E-state index is 1.04. The van der Waals surface area contributed by atoms with E-state index in [-0.39, 0.29) is 0 Å². The van der Waals surface area contributed by atoms with Gasteiger partial charge in [-0.3, -0.25) is 0 Å². The molecule has 2 heteroatoms. The molecule has 0 spiro atoms. The highest BCUT2D eigenvalue weighted by molar-refractivity contribution is 6.11.